The monoisotopic (exact) mass is 279 g/mol. The molecule has 0 saturated heterocycles. The number of nitrogens with one attached hydrogen (secondary N) is 1. The van der Waals surface area contributed by atoms with E-state index in [0.29, 0.717) is 19.8 Å². The van der Waals surface area contributed by atoms with Gasteiger partial charge >= 0.3 is 0 Å². The van der Waals surface area contributed by atoms with Crippen LogP contribution in [0.3, 0.4) is 0 Å². The Morgan fingerprint density at radius 1 is 1.15 bits per heavy atom. The van der Waals surface area contributed by atoms with Crippen LogP contribution >= 0.6 is 0 Å². The molecule has 0 radical (unpaired) electrons. The van der Waals surface area contributed by atoms with Gasteiger partial charge in [-0.2, -0.15) is 0 Å². The first-order chi connectivity index (χ1) is 9.86. The van der Waals surface area contributed by atoms with E-state index in [2.05, 4.69) is 24.0 Å². The number of rotatable bonds is 12. The molecule has 0 atom stereocenters. The maximum atomic E-state index is 5.43. The Hall–Kier alpha value is -1.36. The number of hydrogen-bond donors (Lipinski definition) is 1. The Kier molecular flexibility index (Phi) is 9.57. The summed E-state index contributed by atoms with van der Waals surface area (Å²) in [6.45, 7) is 8.07. The molecule has 4 nitrogen and oxygen atoms in total. The highest BCUT2D eigenvalue weighted by atomic mass is 16.5. The average Bonchev–Trinajstić information content (AvgIpc) is 2.49. The van der Waals surface area contributed by atoms with Gasteiger partial charge in [-0.25, -0.2) is 0 Å². The van der Waals surface area contributed by atoms with Crippen LogP contribution in [0.1, 0.15) is 12.0 Å². The van der Waals surface area contributed by atoms with Crippen LogP contribution in [-0.4, -0.2) is 40.1 Å². The molecule has 0 aliphatic carbocycles. The van der Waals surface area contributed by atoms with E-state index in [9.17, 15) is 0 Å². The highest BCUT2D eigenvalue weighted by molar-refractivity contribution is 5.27. The Bertz CT molecular complexity index is 351. The molecule has 0 aliphatic heterocycles. The molecule has 1 rings (SSSR count). The molecule has 112 valence electrons. The van der Waals surface area contributed by atoms with Crippen LogP contribution in [-0.2, 0) is 16.0 Å². The fourth-order valence-electron chi connectivity index (χ4n) is 1.63. The molecule has 0 saturated carbocycles. The van der Waals surface area contributed by atoms with Gasteiger partial charge in [0.2, 0.25) is 0 Å². The molecule has 0 amide bonds. The molecule has 0 aromatic heterocycles. The van der Waals surface area contributed by atoms with Crippen LogP contribution in [0.2, 0.25) is 0 Å². The van der Waals surface area contributed by atoms with Crippen LogP contribution in [0, 0.1) is 0 Å². The van der Waals surface area contributed by atoms with E-state index in [4.69, 9.17) is 14.2 Å². The molecule has 20 heavy (non-hydrogen) atoms. The van der Waals surface area contributed by atoms with Crippen LogP contribution in [0.4, 0.5) is 0 Å². The lowest BCUT2D eigenvalue weighted by atomic mass is 10.2. The van der Waals surface area contributed by atoms with E-state index < -0.39 is 0 Å². The Balaban J connectivity index is 2.05. The number of benzene rings is 1. The van der Waals surface area contributed by atoms with Crippen LogP contribution in [0.5, 0.6) is 5.75 Å². The standard InChI is InChI=1S/C16H25NO3/c1-3-10-20-16-7-5-15(6-8-16)14-17-9-4-11-19-13-12-18-2/h3,5-8,17H,1,4,9-14H2,2H3. The second kappa shape index (κ2) is 11.5. The first-order valence-electron chi connectivity index (χ1n) is 6.97. The van der Waals surface area contributed by atoms with Gasteiger partial charge in [0.05, 0.1) is 13.2 Å². The third-order valence-corrected chi connectivity index (χ3v) is 2.69. The Labute approximate surface area is 121 Å². The van der Waals surface area contributed by atoms with Crippen molar-refractivity contribution in [3.63, 3.8) is 0 Å². The SMILES string of the molecule is C=CCOc1ccc(CNCCCOCCOC)cc1. The van der Waals surface area contributed by atoms with Crippen molar-refractivity contribution >= 4 is 0 Å². The van der Waals surface area contributed by atoms with Gasteiger partial charge in [-0.1, -0.05) is 24.8 Å². The van der Waals surface area contributed by atoms with Crippen molar-refractivity contribution in [2.75, 3.05) is 40.1 Å². The molecule has 1 aromatic rings. The maximum Gasteiger partial charge on any atom is 0.119 e. The van der Waals surface area contributed by atoms with Crippen molar-refractivity contribution < 1.29 is 14.2 Å². The van der Waals surface area contributed by atoms with Crippen molar-refractivity contribution in [1.82, 2.24) is 5.32 Å². The molecule has 0 heterocycles. The third kappa shape index (κ3) is 7.94. The van der Waals surface area contributed by atoms with Gasteiger partial charge in [-0.3, -0.25) is 0 Å². The molecular formula is C16H25NO3. The molecule has 0 fully saturated rings. The summed E-state index contributed by atoms with van der Waals surface area (Å²) in [7, 11) is 1.68. The van der Waals surface area contributed by atoms with Gasteiger partial charge in [-0.15, -0.1) is 0 Å². The van der Waals surface area contributed by atoms with E-state index in [0.717, 1.165) is 31.9 Å². The van der Waals surface area contributed by atoms with E-state index in [1.54, 1.807) is 13.2 Å². The summed E-state index contributed by atoms with van der Waals surface area (Å²) in [6.07, 6.45) is 2.74. The largest absolute Gasteiger partial charge is 0.490 e. The molecule has 0 unspecified atom stereocenters. The van der Waals surface area contributed by atoms with Crippen molar-refractivity contribution in [3.05, 3.63) is 42.5 Å². The Morgan fingerprint density at radius 3 is 2.65 bits per heavy atom. The van der Waals surface area contributed by atoms with Gasteiger partial charge in [-0.05, 0) is 30.7 Å². The van der Waals surface area contributed by atoms with Crippen molar-refractivity contribution in [1.29, 1.82) is 0 Å². The first kappa shape index (κ1) is 16.7. The number of ether oxygens (including phenoxy) is 3. The minimum atomic E-state index is 0.542. The molecule has 0 bridgehead atoms. The second-order valence-corrected chi connectivity index (χ2v) is 4.38. The summed E-state index contributed by atoms with van der Waals surface area (Å²) in [6, 6.07) is 8.10. The van der Waals surface area contributed by atoms with Crippen molar-refractivity contribution in [3.8, 4) is 5.75 Å². The molecule has 4 heteroatoms. The quantitative estimate of drug-likeness (QED) is 0.471. The smallest absolute Gasteiger partial charge is 0.119 e. The van der Waals surface area contributed by atoms with Crippen LogP contribution in [0.25, 0.3) is 0 Å². The first-order valence-corrected chi connectivity index (χ1v) is 6.97. The topological polar surface area (TPSA) is 39.7 Å². The summed E-state index contributed by atoms with van der Waals surface area (Å²) >= 11 is 0. The fraction of sp³-hybridized carbons (Fsp3) is 0.500. The zero-order valence-electron chi connectivity index (χ0n) is 12.3. The second-order valence-electron chi connectivity index (χ2n) is 4.38. The Morgan fingerprint density at radius 2 is 1.95 bits per heavy atom. The molecular weight excluding hydrogens is 254 g/mol. The predicted molar refractivity (Wildman–Crippen MR) is 81.2 cm³/mol. The summed E-state index contributed by atoms with van der Waals surface area (Å²) in [5, 5.41) is 3.39. The minimum Gasteiger partial charge on any atom is -0.490 e. The average molecular weight is 279 g/mol. The highest BCUT2D eigenvalue weighted by Gasteiger charge is 1.95. The lowest BCUT2D eigenvalue weighted by molar-refractivity contribution is 0.0695. The van der Waals surface area contributed by atoms with Gasteiger partial charge in [0.1, 0.15) is 12.4 Å². The third-order valence-electron chi connectivity index (χ3n) is 2.69. The highest BCUT2D eigenvalue weighted by Crippen LogP contribution is 2.11. The van der Waals surface area contributed by atoms with Crippen molar-refractivity contribution in [2.45, 2.75) is 13.0 Å². The predicted octanol–water partition coefficient (Wildman–Crippen LogP) is 2.39. The maximum absolute atomic E-state index is 5.43. The van der Waals surface area contributed by atoms with Crippen LogP contribution < -0.4 is 10.1 Å². The van der Waals surface area contributed by atoms with E-state index >= 15 is 0 Å². The van der Waals surface area contributed by atoms with Gasteiger partial charge in [0.15, 0.2) is 0 Å². The molecule has 1 N–H and O–H groups in total. The lowest BCUT2D eigenvalue weighted by Gasteiger charge is -2.07. The molecule has 1 aromatic carbocycles. The summed E-state index contributed by atoms with van der Waals surface area (Å²) < 4.78 is 15.7. The molecule has 0 spiro atoms. The van der Waals surface area contributed by atoms with Gasteiger partial charge < -0.3 is 19.5 Å². The van der Waals surface area contributed by atoms with Gasteiger partial charge in [0.25, 0.3) is 0 Å². The van der Waals surface area contributed by atoms with E-state index in [1.165, 1.54) is 5.56 Å². The summed E-state index contributed by atoms with van der Waals surface area (Å²) in [4.78, 5) is 0. The lowest BCUT2D eigenvalue weighted by Crippen LogP contribution is -2.16. The number of methoxy groups -OCH3 is 1. The van der Waals surface area contributed by atoms with Crippen LogP contribution in [0.15, 0.2) is 36.9 Å². The normalized spacial score (nSPS) is 10.4. The summed E-state index contributed by atoms with van der Waals surface area (Å²) in [5.74, 6) is 0.875. The van der Waals surface area contributed by atoms with Crippen molar-refractivity contribution in [2.24, 2.45) is 0 Å². The zero-order chi connectivity index (χ0) is 14.5. The zero-order valence-corrected chi connectivity index (χ0v) is 12.3. The summed E-state index contributed by atoms with van der Waals surface area (Å²) in [5.41, 5.74) is 1.25. The minimum absolute atomic E-state index is 0.542. The van der Waals surface area contributed by atoms with E-state index in [1.807, 2.05) is 12.1 Å². The molecule has 0 aliphatic rings. The number of hydrogen-bond acceptors (Lipinski definition) is 4. The van der Waals surface area contributed by atoms with Gasteiger partial charge in [0, 0.05) is 20.3 Å². The van der Waals surface area contributed by atoms with E-state index in [-0.39, 0.29) is 0 Å². The fourth-order valence-corrected chi connectivity index (χ4v) is 1.63.